The lowest BCUT2D eigenvalue weighted by molar-refractivity contribution is -0.123. The van der Waals surface area contributed by atoms with E-state index in [0.29, 0.717) is 19.4 Å². The molecule has 1 heterocycles. The van der Waals surface area contributed by atoms with E-state index < -0.39 is 0 Å². The van der Waals surface area contributed by atoms with Crippen LogP contribution >= 0.6 is 0 Å². The van der Waals surface area contributed by atoms with Crippen molar-refractivity contribution in [1.29, 1.82) is 0 Å². The predicted octanol–water partition coefficient (Wildman–Crippen LogP) is 3.40. The Morgan fingerprint density at radius 1 is 1.36 bits per heavy atom. The van der Waals surface area contributed by atoms with Gasteiger partial charge in [-0.1, -0.05) is 33.8 Å². The Morgan fingerprint density at radius 2 is 2.08 bits per heavy atom. The van der Waals surface area contributed by atoms with E-state index >= 15 is 0 Å². The molecule has 0 unspecified atom stereocenters. The van der Waals surface area contributed by atoms with Crippen LogP contribution < -0.4 is 15.0 Å². The molecule has 25 heavy (non-hydrogen) atoms. The summed E-state index contributed by atoms with van der Waals surface area (Å²) in [5.74, 6) is 0.719. The van der Waals surface area contributed by atoms with Crippen molar-refractivity contribution in [2.45, 2.75) is 65.3 Å². The van der Waals surface area contributed by atoms with Crippen LogP contribution in [0.4, 0.5) is 5.69 Å². The highest BCUT2D eigenvalue weighted by molar-refractivity contribution is 5.98. The van der Waals surface area contributed by atoms with Crippen LogP contribution in [-0.4, -0.2) is 31.0 Å². The minimum absolute atomic E-state index is 0.00261. The van der Waals surface area contributed by atoms with Gasteiger partial charge in [-0.3, -0.25) is 9.59 Å². The summed E-state index contributed by atoms with van der Waals surface area (Å²) >= 11 is 0. The number of rotatable bonds is 6. The van der Waals surface area contributed by atoms with Gasteiger partial charge in [0.2, 0.25) is 5.91 Å². The van der Waals surface area contributed by atoms with Gasteiger partial charge in [0.1, 0.15) is 5.75 Å². The van der Waals surface area contributed by atoms with E-state index in [4.69, 9.17) is 4.74 Å². The minimum Gasteiger partial charge on any atom is -0.482 e. The van der Waals surface area contributed by atoms with E-state index in [1.165, 1.54) is 0 Å². The molecule has 2 amide bonds. The summed E-state index contributed by atoms with van der Waals surface area (Å²) in [6, 6.07) is 6.20. The second kappa shape index (κ2) is 7.89. The van der Waals surface area contributed by atoms with Crippen molar-refractivity contribution in [3.05, 3.63) is 23.8 Å². The fourth-order valence-corrected chi connectivity index (χ4v) is 2.76. The number of amides is 2. The van der Waals surface area contributed by atoms with Crippen LogP contribution in [0.15, 0.2) is 18.2 Å². The Balaban J connectivity index is 2.06. The fraction of sp³-hybridized carbons (Fsp3) is 0.600. The van der Waals surface area contributed by atoms with Crippen molar-refractivity contribution in [2.24, 2.45) is 0 Å². The van der Waals surface area contributed by atoms with Crippen LogP contribution in [0, 0.1) is 0 Å². The second-order valence-electron chi connectivity index (χ2n) is 7.75. The number of ether oxygens (including phenoxy) is 1. The molecular weight excluding hydrogens is 316 g/mol. The van der Waals surface area contributed by atoms with E-state index in [0.717, 1.165) is 23.4 Å². The summed E-state index contributed by atoms with van der Waals surface area (Å²) in [4.78, 5) is 26.0. The molecule has 0 fully saturated rings. The molecule has 1 N–H and O–H groups in total. The molecule has 0 saturated carbocycles. The fourth-order valence-electron chi connectivity index (χ4n) is 2.76. The third-order valence-electron chi connectivity index (χ3n) is 4.57. The van der Waals surface area contributed by atoms with Crippen molar-refractivity contribution in [3.63, 3.8) is 0 Å². The Bertz CT molecular complexity index is 634. The van der Waals surface area contributed by atoms with Gasteiger partial charge in [0.15, 0.2) is 6.61 Å². The summed E-state index contributed by atoms with van der Waals surface area (Å²) < 4.78 is 5.56. The number of nitrogens with one attached hydrogen (secondary N) is 1. The van der Waals surface area contributed by atoms with E-state index in [2.05, 4.69) is 26.1 Å². The maximum atomic E-state index is 12.3. The highest BCUT2D eigenvalue weighted by Gasteiger charge is 2.27. The van der Waals surface area contributed by atoms with Crippen LogP contribution in [0.1, 0.15) is 59.4 Å². The molecule has 0 aromatic heterocycles. The largest absolute Gasteiger partial charge is 0.482 e. The number of anilines is 1. The highest BCUT2D eigenvalue weighted by atomic mass is 16.5. The van der Waals surface area contributed by atoms with Gasteiger partial charge >= 0.3 is 0 Å². The summed E-state index contributed by atoms with van der Waals surface area (Å²) in [7, 11) is 0. The molecule has 0 saturated heterocycles. The number of carbonyl (C=O) groups excluding carboxylic acids is 2. The van der Waals surface area contributed by atoms with Crippen molar-refractivity contribution in [3.8, 4) is 5.75 Å². The zero-order chi connectivity index (χ0) is 18.6. The molecule has 0 aliphatic carbocycles. The van der Waals surface area contributed by atoms with Crippen molar-refractivity contribution < 1.29 is 14.3 Å². The monoisotopic (exact) mass is 346 g/mol. The number of carbonyl (C=O) groups is 2. The molecule has 138 valence electrons. The predicted molar refractivity (Wildman–Crippen MR) is 100 cm³/mol. The van der Waals surface area contributed by atoms with Gasteiger partial charge in [-0.25, -0.2) is 0 Å². The minimum atomic E-state index is -0.0547. The lowest BCUT2D eigenvalue weighted by Crippen LogP contribution is -2.40. The van der Waals surface area contributed by atoms with Gasteiger partial charge in [0.05, 0.1) is 5.69 Å². The lowest BCUT2D eigenvalue weighted by atomic mass is 9.86. The number of benzene rings is 1. The summed E-state index contributed by atoms with van der Waals surface area (Å²) in [5.41, 5.74) is 1.97. The SMILES string of the molecule is CC[C@H](C)NC(=O)CCCN1C(=O)COc2ccc(C(C)(C)C)cc21. The maximum Gasteiger partial charge on any atom is 0.265 e. The van der Waals surface area contributed by atoms with E-state index in [1.807, 2.05) is 32.0 Å². The number of hydrogen-bond donors (Lipinski definition) is 1. The van der Waals surface area contributed by atoms with Crippen LogP contribution in [-0.2, 0) is 15.0 Å². The molecular formula is C20H30N2O3. The average Bonchev–Trinajstić information content (AvgIpc) is 2.55. The number of hydrogen-bond acceptors (Lipinski definition) is 3. The highest BCUT2D eigenvalue weighted by Crippen LogP contribution is 2.36. The number of nitrogens with zero attached hydrogens (tertiary/aromatic N) is 1. The van der Waals surface area contributed by atoms with Gasteiger partial charge < -0.3 is 15.0 Å². The molecule has 5 heteroatoms. The van der Waals surface area contributed by atoms with Gasteiger partial charge in [-0.05, 0) is 42.9 Å². The zero-order valence-electron chi connectivity index (χ0n) is 16.0. The number of fused-ring (bicyclic) bond motifs is 1. The van der Waals surface area contributed by atoms with Gasteiger partial charge in [-0.15, -0.1) is 0 Å². The first-order chi connectivity index (χ1) is 11.7. The average molecular weight is 346 g/mol. The third kappa shape index (κ3) is 4.97. The molecule has 1 aliphatic heterocycles. The standard InChI is InChI=1S/C20H30N2O3/c1-6-14(2)21-18(23)8-7-11-22-16-12-15(20(3,4)5)9-10-17(16)25-13-19(22)24/h9-10,12,14H,6-8,11,13H2,1-5H3,(H,21,23)/t14-/m0/s1. The van der Waals surface area contributed by atoms with Crippen molar-refractivity contribution in [2.75, 3.05) is 18.1 Å². The smallest absolute Gasteiger partial charge is 0.265 e. The quantitative estimate of drug-likeness (QED) is 0.859. The summed E-state index contributed by atoms with van der Waals surface area (Å²) in [5, 5.41) is 2.96. The van der Waals surface area contributed by atoms with E-state index in [-0.39, 0.29) is 29.9 Å². The van der Waals surface area contributed by atoms with Crippen LogP contribution in [0.3, 0.4) is 0 Å². The van der Waals surface area contributed by atoms with E-state index in [1.54, 1.807) is 4.90 Å². The Morgan fingerprint density at radius 3 is 2.72 bits per heavy atom. The first-order valence-electron chi connectivity index (χ1n) is 9.09. The molecule has 1 aromatic rings. The lowest BCUT2D eigenvalue weighted by Gasteiger charge is -2.31. The van der Waals surface area contributed by atoms with Crippen molar-refractivity contribution in [1.82, 2.24) is 5.32 Å². The first-order valence-corrected chi connectivity index (χ1v) is 9.09. The molecule has 1 aromatic carbocycles. The zero-order valence-corrected chi connectivity index (χ0v) is 16.0. The van der Waals surface area contributed by atoms with Gasteiger partial charge in [0, 0.05) is 19.0 Å². The third-order valence-corrected chi connectivity index (χ3v) is 4.57. The Labute approximate surface area is 150 Å². The van der Waals surface area contributed by atoms with Gasteiger partial charge in [-0.2, -0.15) is 0 Å². The van der Waals surface area contributed by atoms with E-state index in [9.17, 15) is 9.59 Å². The molecule has 1 aliphatic rings. The molecule has 2 rings (SSSR count). The normalized spacial score (nSPS) is 15.4. The summed E-state index contributed by atoms with van der Waals surface area (Å²) in [6.45, 7) is 11.0. The Kier molecular flexibility index (Phi) is 6.09. The van der Waals surface area contributed by atoms with Gasteiger partial charge in [0.25, 0.3) is 5.91 Å². The molecule has 0 spiro atoms. The van der Waals surface area contributed by atoms with Crippen LogP contribution in [0.5, 0.6) is 5.75 Å². The maximum absolute atomic E-state index is 12.3. The van der Waals surface area contributed by atoms with Crippen LogP contribution in [0.25, 0.3) is 0 Å². The topological polar surface area (TPSA) is 58.6 Å². The van der Waals surface area contributed by atoms with Crippen LogP contribution in [0.2, 0.25) is 0 Å². The molecule has 0 radical (unpaired) electrons. The first kappa shape index (κ1) is 19.3. The summed E-state index contributed by atoms with van der Waals surface area (Å²) in [6.07, 6.45) is 1.97. The molecule has 0 bridgehead atoms. The van der Waals surface area contributed by atoms with Crippen molar-refractivity contribution >= 4 is 17.5 Å². The molecule has 5 nitrogen and oxygen atoms in total. The Hall–Kier alpha value is -2.04. The molecule has 1 atom stereocenters. The second-order valence-corrected chi connectivity index (χ2v) is 7.75.